The second-order valence-corrected chi connectivity index (χ2v) is 5.23. The molecule has 0 spiro atoms. The van der Waals surface area contributed by atoms with Gasteiger partial charge in [0.1, 0.15) is 5.58 Å². The van der Waals surface area contributed by atoms with E-state index < -0.39 is 5.97 Å². The van der Waals surface area contributed by atoms with Crippen molar-refractivity contribution in [2.45, 2.75) is 38.0 Å². The molecule has 0 amide bonds. The van der Waals surface area contributed by atoms with Crippen LogP contribution in [0, 0.1) is 0 Å². The molecule has 0 saturated heterocycles. The lowest BCUT2D eigenvalue weighted by Gasteiger charge is -2.21. The molecule has 2 aromatic rings. The molecule has 0 atom stereocenters. The molecule has 3 nitrogen and oxygen atoms in total. The lowest BCUT2D eigenvalue weighted by Crippen LogP contribution is -2.03. The van der Waals surface area contributed by atoms with E-state index in [-0.39, 0.29) is 18.2 Å². The number of esters is 1. The Labute approximate surface area is 124 Å². The van der Waals surface area contributed by atoms with Gasteiger partial charge in [-0.15, -0.1) is 12.4 Å². The Bertz CT molecular complexity index is 597. The third-order valence-corrected chi connectivity index (χ3v) is 4.00. The molecule has 3 rings (SSSR count). The van der Waals surface area contributed by atoms with Crippen LogP contribution < -0.4 is 0 Å². The van der Waals surface area contributed by atoms with Crippen molar-refractivity contribution >= 4 is 29.3 Å². The summed E-state index contributed by atoms with van der Waals surface area (Å²) < 4.78 is 10.2. The molecule has 1 aromatic carbocycles. The number of halogens is 1. The molecule has 0 N–H and O–H groups in total. The number of rotatable bonds is 2. The molecule has 1 saturated carbocycles. The summed E-state index contributed by atoms with van der Waals surface area (Å²) in [6, 6.07) is 8.02. The molecule has 0 radical (unpaired) electrons. The van der Waals surface area contributed by atoms with Crippen molar-refractivity contribution in [1.29, 1.82) is 0 Å². The minimum absolute atomic E-state index is 0. The molecule has 0 bridgehead atoms. The van der Waals surface area contributed by atoms with Crippen LogP contribution in [0.25, 0.3) is 11.0 Å². The Hall–Kier alpha value is -1.48. The number of fused-ring (bicyclic) bond motifs is 1. The second-order valence-electron chi connectivity index (χ2n) is 5.23. The molecule has 1 aliphatic rings. The summed E-state index contributed by atoms with van der Waals surface area (Å²) in [4.78, 5) is 11.5. The first-order chi connectivity index (χ1) is 9.28. The van der Waals surface area contributed by atoms with Gasteiger partial charge in [-0.3, -0.25) is 0 Å². The molecule has 0 aliphatic heterocycles. The van der Waals surface area contributed by atoms with Crippen LogP contribution in [0.15, 0.2) is 28.7 Å². The van der Waals surface area contributed by atoms with Crippen LogP contribution in [0.5, 0.6) is 0 Å². The van der Waals surface area contributed by atoms with Gasteiger partial charge >= 0.3 is 5.97 Å². The molecular formula is C16H19ClO3. The first-order valence-electron chi connectivity index (χ1n) is 6.90. The van der Waals surface area contributed by atoms with E-state index in [1.807, 2.05) is 6.07 Å². The third-order valence-electron chi connectivity index (χ3n) is 4.00. The summed E-state index contributed by atoms with van der Waals surface area (Å²) in [6.07, 6.45) is 6.54. The maximum absolute atomic E-state index is 11.5. The zero-order chi connectivity index (χ0) is 13.2. The average Bonchev–Trinajstić information content (AvgIpc) is 2.90. The van der Waals surface area contributed by atoms with Crippen molar-refractivity contribution in [2.24, 2.45) is 0 Å². The quantitative estimate of drug-likeness (QED) is 0.754. The number of hydrogen-bond acceptors (Lipinski definition) is 3. The van der Waals surface area contributed by atoms with Crippen molar-refractivity contribution in [3.05, 3.63) is 35.6 Å². The van der Waals surface area contributed by atoms with Crippen molar-refractivity contribution < 1.29 is 13.9 Å². The number of hydrogen-bond donors (Lipinski definition) is 0. The van der Waals surface area contributed by atoms with E-state index in [9.17, 15) is 4.79 Å². The Balaban J connectivity index is 0.00000147. The highest BCUT2D eigenvalue weighted by atomic mass is 35.5. The topological polar surface area (TPSA) is 39.4 Å². The van der Waals surface area contributed by atoms with Crippen LogP contribution in [0.1, 0.15) is 54.1 Å². The number of furan rings is 1. The molecule has 4 heteroatoms. The number of ether oxygens (including phenoxy) is 1. The summed E-state index contributed by atoms with van der Waals surface area (Å²) in [5.74, 6) is 0.517. The van der Waals surface area contributed by atoms with Gasteiger partial charge in [-0.25, -0.2) is 4.79 Å². The van der Waals surface area contributed by atoms with Crippen molar-refractivity contribution in [2.75, 3.05) is 7.11 Å². The number of methoxy groups -OCH3 is 1. The fraction of sp³-hybridized carbons (Fsp3) is 0.438. The fourth-order valence-electron chi connectivity index (χ4n) is 2.95. The number of carbonyl (C=O) groups excluding carboxylic acids is 1. The highest BCUT2D eigenvalue weighted by Gasteiger charge is 2.17. The molecule has 20 heavy (non-hydrogen) atoms. The van der Waals surface area contributed by atoms with Crippen molar-refractivity contribution in [3.8, 4) is 0 Å². The normalized spacial score (nSPS) is 15.8. The highest BCUT2D eigenvalue weighted by molar-refractivity contribution is 5.92. The number of benzene rings is 1. The van der Waals surface area contributed by atoms with E-state index in [0.29, 0.717) is 5.92 Å². The van der Waals surface area contributed by atoms with Gasteiger partial charge in [0.25, 0.3) is 0 Å². The summed E-state index contributed by atoms with van der Waals surface area (Å²) in [6.45, 7) is 0. The Kier molecular flexibility index (Phi) is 4.71. The predicted octanol–water partition coefficient (Wildman–Crippen LogP) is 4.69. The highest BCUT2D eigenvalue weighted by Crippen LogP contribution is 2.34. The van der Waals surface area contributed by atoms with Crippen LogP contribution in [0.4, 0.5) is 0 Å². The van der Waals surface area contributed by atoms with E-state index in [2.05, 4.69) is 16.9 Å². The zero-order valence-corrected chi connectivity index (χ0v) is 12.4. The predicted molar refractivity (Wildman–Crippen MR) is 80.6 cm³/mol. The van der Waals surface area contributed by atoms with Gasteiger partial charge in [0.2, 0.25) is 5.76 Å². The third kappa shape index (κ3) is 2.83. The van der Waals surface area contributed by atoms with Gasteiger partial charge in [-0.1, -0.05) is 25.3 Å². The van der Waals surface area contributed by atoms with Crippen LogP contribution in [-0.4, -0.2) is 13.1 Å². The van der Waals surface area contributed by atoms with E-state index >= 15 is 0 Å². The van der Waals surface area contributed by atoms with E-state index in [1.54, 1.807) is 6.07 Å². The minimum Gasteiger partial charge on any atom is -0.463 e. The molecule has 108 valence electrons. The van der Waals surface area contributed by atoms with E-state index in [4.69, 9.17) is 4.42 Å². The van der Waals surface area contributed by atoms with Crippen molar-refractivity contribution in [1.82, 2.24) is 0 Å². The molecule has 1 heterocycles. The molecular weight excluding hydrogens is 276 g/mol. The second kappa shape index (κ2) is 6.31. The van der Waals surface area contributed by atoms with Gasteiger partial charge in [-0.05, 0) is 42.5 Å². The largest absolute Gasteiger partial charge is 0.463 e. The Morgan fingerprint density at radius 3 is 2.65 bits per heavy atom. The molecule has 0 unspecified atom stereocenters. The summed E-state index contributed by atoms with van der Waals surface area (Å²) in [5.41, 5.74) is 2.12. The van der Waals surface area contributed by atoms with Crippen LogP contribution in [-0.2, 0) is 4.74 Å². The Morgan fingerprint density at radius 2 is 1.95 bits per heavy atom. The van der Waals surface area contributed by atoms with Gasteiger partial charge < -0.3 is 9.15 Å². The monoisotopic (exact) mass is 294 g/mol. The SMILES string of the molecule is COC(=O)c1cc2cc(C3CCCCC3)ccc2o1.Cl. The molecule has 1 aliphatic carbocycles. The average molecular weight is 295 g/mol. The lowest BCUT2D eigenvalue weighted by molar-refractivity contribution is 0.0567. The lowest BCUT2D eigenvalue weighted by atomic mass is 9.84. The maximum atomic E-state index is 11.5. The van der Waals surface area contributed by atoms with Crippen molar-refractivity contribution in [3.63, 3.8) is 0 Å². The van der Waals surface area contributed by atoms with E-state index in [1.165, 1.54) is 44.8 Å². The molecule has 1 aromatic heterocycles. The summed E-state index contributed by atoms with van der Waals surface area (Å²) >= 11 is 0. The van der Waals surface area contributed by atoms with Crippen LogP contribution in [0.3, 0.4) is 0 Å². The number of carbonyl (C=O) groups is 1. The van der Waals surface area contributed by atoms with Crippen LogP contribution >= 0.6 is 12.4 Å². The fourth-order valence-corrected chi connectivity index (χ4v) is 2.95. The zero-order valence-electron chi connectivity index (χ0n) is 11.6. The van der Waals surface area contributed by atoms with Gasteiger partial charge in [0, 0.05) is 5.39 Å². The van der Waals surface area contributed by atoms with Gasteiger partial charge in [0.15, 0.2) is 0 Å². The smallest absolute Gasteiger partial charge is 0.373 e. The minimum atomic E-state index is -0.421. The Morgan fingerprint density at radius 1 is 1.20 bits per heavy atom. The van der Waals surface area contributed by atoms with Gasteiger partial charge in [-0.2, -0.15) is 0 Å². The standard InChI is InChI=1S/C16H18O3.ClH/c1-18-16(17)15-10-13-9-12(7-8-14(13)19-15)11-5-3-2-4-6-11;/h7-11H,2-6H2,1H3;1H. The summed E-state index contributed by atoms with van der Waals surface area (Å²) in [5, 5.41) is 0.989. The first kappa shape index (κ1) is 14.9. The first-order valence-corrected chi connectivity index (χ1v) is 6.90. The maximum Gasteiger partial charge on any atom is 0.373 e. The van der Waals surface area contributed by atoms with Gasteiger partial charge in [0.05, 0.1) is 7.11 Å². The summed E-state index contributed by atoms with van der Waals surface area (Å²) in [7, 11) is 1.36. The molecule has 1 fully saturated rings. The van der Waals surface area contributed by atoms with E-state index in [0.717, 1.165) is 11.0 Å². The van der Waals surface area contributed by atoms with Crippen LogP contribution in [0.2, 0.25) is 0 Å².